The Balaban J connectivity index is 0.00000288. The molecule has 2 aromatic rings. The van der Waals surface area contributed by atoms with Crippen LogP contribution in [0.2, 0.25) is 0 Å². The average Bonchev–Trinajstić information content (AvgIpc) is 2.95. The Morgan fingerprint density at radius 2 is 2.12 bits per heavy atom. The molecular weight excluding hydrogens is 413 g/mol. The lowest BCUT2D eigenvalue weighted by molar-refractivity contribution is 0.699. The highest BCUT2D eigenvalue weighted by Gasteiger charge is 2.07. The standard InChI is InChI=1S/C18H27N5.HI/c1-5-19-18(21-11-16-12-22-23(4)13-16)20-10-15(3)17-8-6-7-14(2)9-17;/h6-9,12-13,15H,5,10-11H2,1-4H3,(H2,19,20,21);1H. The molecule has 0 saturated heterocycles. The van der Waals surface area contributed by atoms with Gasteiger partial charge < -0.3 is 10.6 Å². The molecule has 5 nitrogen and oxygen atoms in total. The van der Waals surface area contributed by atoms with E-state index in [9.17, 15) is 0 Å². The SMILES string of the molecule is CCNC(=NCc1cnn(C)c1)NCC(C)c1cccc(C)c1.I. The number of aliphatic imine (C=N–C) groups is 1. The monoisotopic (exact) mass is 441 g/mol. The zero-order valence-electron chi connectivity index (χ0n) is 14.9. The first kappa shape index (κ1) is 20.5. The van der Waals surface area contributed by atoms with Crippen molar-refractivity contribution < 1.29 is 0 Å². The Labute approximate surface area is 162 Å². The first-order valence-electron chi connectivity index (χ1n) is 8.14. The third kappa shape index (κ3) is 6.51. The van der Waals surface area contributed by atoms with Crippen molar-refractivity contribution in [3.05, 3.63) is 53.3 Å². The van der Waals surface area contributed by atoms with Crippen molar-refractivity contribution in [3.63, 3.8) is 0 Å². The van der Waals surface area contributed by atoms with Gasteiger partial charge in [0.1, 0.15) is 0 Å². The molecule has 0 radical (unpaired) electrons. The molecule has 0 aliphatic heterocycles. The molecule has 24 heavy (non-hydrogen) atoms. The average molecular weight is 441 g/mol. The Hall–Kier alpha value is -1.57. The minimum Gasteiger partial charge on any atom is -0.357 e. The van der Waals surface area contributed by atoms with Gasteiger partial charge in [-0.3, -0.25) is 4.68 Å². The van der Waals surface area contributed by atoms with Crippen LogP contribution in [-0.2, 0) is 13.6 Å². The van der Waals surface area contributed by atoms with Crippen LogP contribution in [0.1, 0.15) is 36.5 Å². The summed E-state index contributed by atoms with van der Waals surface area (Å²) in [6.07, 6.45) is 3.84. The molecule has 0 aliphatic rings. The van der Waals surface area contributed by atoms with Gasteiger partial charge in [-0.1, -0.05) is 36.8 Å². The van der Waals surface area contributed by atoms with Crippen molar-refractivity contribution in [2.75, 3.05) is 13.1 Å². The Morgan fingerprint density at radius 1 is 1.33 bits per heavy atom. The van der Waals surface area contributed by atoms with Gasteiger partial charge in [0.25, 0.3) is 0 Å². The smallest absolute Gasteiger partial charge is 0.191 e. The van der Waals surface area contributed by atoms with Crippen LogP contribution in [0.4, 0.5) is 0 Å². The largest absolute Gasteiger partial charge is 0.357 e. The summed E-state index contributed by atoms with van der Waals surface area (Å²) in [4.78, 5) is 4.62. The summed E-state index contributed by atoms with van der Waals surface area (Å²) >= 11 is 0. The maximum Gasteiger partial charge on any atom is 0.191 e. The molecule has 1 aromatic carbocycles. The number of guanidine groups is 1. The fourth-order valence-electron chi connectivity index (χ4n) is 2.41. The third-order valence-electron chi connectivity index (χ3n) is 3.71. The molecule has 1 aromatic heterocycles. The van der Waals surface area contributed by atoms with E-state index in [1.807, 2.05) is 19.4 Å². The second kappa shape index (κ2) is 10.3. The number of benzene rings is 1. The van der Waals surface area contributed by atoms with Gasteiger partial charge in [-0.05, 0) is 25.3 Å². The number of hydrogen-bond acceptors (Lipinski definition) is 2. The highest BCUT2D eigenvalue weighted by Crippen LogP contribution is 2.15. The Morgan fingerprint density at radius 3 is 2.75 bits per heavy atom. The lowest BCUT2D eigenvalue weighted by Crippen LogP contribution is -2.39. The van der Waals surface area contributed by atoms with Gasteiger partial charge in [0.05, 0.1) is 12.7 Å². The first-order chi connectivity index (χ1) is 11.1. The van der Waals surface area contributed by atoms with Crippen molar-refractivity contribution in [1.29, 1.82) is 0 Å². The van der Waals surface area contributed by atoms with Crippen molar-refractivity contribution in [2.24, 2.45) is 12.0 Å². The third-order valence-corrected chi connectivity index (χ3v) is 3.71. The van der Waals surface area contributed by atoms with Gasteiger partial charge in [-0.25, -0.2) is 4.99 Å². The first-order valence-corrected chi connectivity index (χ1v) is 8.14. The Kier molecular flexibility index (Phi) is 8.81. The van der Waals surface area contributed by atoms with E-state index in [0.717, 1.165) is 24.6 Å². The van der Waals surface area contributed by atoms with Crippen LogP contribution in [0, 0.1) is 6.92 Å². The van der Waals surface area contributed by atoms with Crippen LogP contribution >= 0.6 is 24.0 Å². The number of hydrogen-bond donors (Lipinski definition) is 2. The van der Waals surface area contributed by atoms with Crippen LogP contribution in [0.15, 0.2) is 41.7 Å². The lowest BCUT2D eigenvalue weighted by Gasteiger charge is -2.16. The van der Waals surface area contributed by atoms with Gasteiger partial charge in [0.15, 0.2) is 5.96 Å². The number of nitrogens with zero attached hydrogens (tertiary/aromatic N) is 3. The second-order valence-corrected chi connectivity index (χ2v) is 5.91. The molecule has 0 bridgehead atoms. The highest BCUT2D eigenvalue weighted by molar-refractivity contribution is 14.0. The van der Waals surface area contributed by atoms with Gasteiger partial charge >= 0.3 is 0 Å². The number of nitrogens with one attached hydrogen (secondary N) is 2. The second-order valence-electron chi connectivity index (χ2n) is 5.91. The molecule has 0 aliphatic carbocycles. The maximum absolute atomic E-state index is 4.62. The minimum absolute atomic E-state index is 0. The fraction of sp³-hybridized carbons (Fsp3) is 0.444. The molecule has 1 atom stereocenters. The van der Waals surface area contributed by atoms with Crippen LogP contribution in [0.5, 0.6) is 0 Å². The lowest BCUT2D eigenvalue weighted by atomic mass is 9.99. The summed E-state index contributed by atoms with van der Waals surface area (Å²) in [6.45, 7) is 8.75. The molecule has 132 valence electrons. The van der Waals surface area contributed by atoms with Gasteiger partial charge in [0.2, 0.25) is 0 Å². The van der Waals surface area contributed by atoms with Crippen LogP contribution < -0.4 is 10.6 Å². The molecule has 0 fully saturated rings. The van der Waals surface area contributed by atoms with Gasteiger partial charge in [-0.15, -0.1) is 24.0 Å². The van der Waals surface area contributed by atoms with E-state index < -0.39 is 0 Å². The van der Waals surface area contributed by atoms with Crippen molar-refractivity contribution in [3.8, 4) is 0 Å². The molecule has 1 heterocycles. The summed E-state index contributed by atoms with van der Waals surface area (Å²) in [6, 6.07) is 8.66. The number of aromatic nitrogens is 2. The quantitative estimate of drug-likeness (QED) is 0.411. The summed E-state index contributed by atoms with van der Waals surface area (Å²) in [7, 11) is 1.92. The van der Waals surface area contributed by atoms with E-state index in [2.05, 4.69) is 65.8 Å². The highest BCUT2D eigenvalue weighted by atomic mass is 127. The summed E-state index contributed by atoms with van der Waals surface area (Å²) in [5, 5.41) is 10.9. The van der Waals surface area contributed by atoms with Gasteiger partial charge in [-0.2, -0.15) is 5.10 Å². The molecule has 0 spiro atoms. The molecule has 2 N–H and O–H groups in total. The molecule has 2 rings (SSSR count). The van der Waals surface area contributed by atoms with Gasteiger partial charge in [0, 0.05) is 31.9 Å². The van der Waals surface area contributed by atoms with E-state index >= 15 is 0 Å². The van der Waals surface area contributed by atoms with E-state index in [4.69, 9.17) is 0 Å². The zero-order chi connectivity index (χ0) is 16.7. The normalized spacial score (nSPS) is 12.4. The fourth-order valence-corrected chi connectivity index (χ4v) is 2.41. The number of halogens is 1. The van der Waals surface area contributed by atoms with Crippen LogP contribution in [0.3, 0.4) is 0 Å². The molecular formula is C18H28IN5. The zero-order valence-corrected chi connectivity index (χ0v) is 17.2. The summed E-state index contributed by atoms with van der Waals surface area (Å²) < 4.78 is 1.80. The van der Waals surface area contributed by atoms with Crippen LogP contribution in [-0.4, -0.2) is 28.8 Å². The van der Waals surface area contributed by atoms with E-state index in [1.54, 1.807) is 4.68 Å². The van der Waals surface area contributed by atoms with E-state index in [-0.39, 0.29) is 24.0 Å². The van der Waals surface area contributed by atoms with Crippen molar-refractivity contribution in [1.82, 2.24) is 20.4 Å². The summed E-state index contributed by atoms with van der Waals surface area (Å²) in [5.74, 6) is 1.27. The van der Waals surface area contributed by atoms with E-state index in [1.165, 1.54) is 11.1 Å². The maximum atomic E-state index is 4.62. The topological polar surface area (TPSA) is 54.2 Å². The van der Waals surface area contributed by atoms with Crippen LogP contribution in [0.25, 0.3) is 0 Å². The van der Waals surface area contributed by atoms with Crippen molar-refractivity contribution in [2.45, 2.75) is 33.2 Å². The number of rotatable bonds is 6. The molecule has 0 saturated carbocycles. The molecule has 6 heteroatoms. The minimum atomic E-state index is 0. The van der Waals surface area contributed by atoms with Crippen molar-refractivity contribution >= 4 is 29.9 Å². The summed E-state index contributed by atoms with van der Waals surface area (Å²) in [5.41, 5.74) is 3.75. The van der Waals surface area contributed by atoms with E-state index in [0.29, 0.717) is 12.5 Å². The Bertz CT molecular complexity index is 650. The predicted molar refractivity (Wildman–Crippen MR) is 111 cm³/mol. The predicted octanol–water partition coefficient (Wildman–Crippen LogP) is 3.21. The molecule has 0 amide bonds. The molecule has 1 unspecified atom stereocenters. The number of aryl methyl sites for hydroxylation is 2.